The lowest BCUT2D eigenvalue weighted by atomic mass is 10.2. The van der Waals surface area contributed by atoms with E-state index in [-0.39, 0.29) is 6.04 Å². The van der Waals surface area contributed by atoms with Crippen LogP contribution in [0.25, 0.3) is 0 Å². The maximum Gasteiger partial charge on any atom is 0.404 e. The number of amides is 1. The van der Waals surface area contributed by atoms with Crippen molar-refractivity contribution in [3.05, 3.63) is 30.3 Å². The lowest BCUT2D eigenvalue weighted by Gasteiger charge is -2.36. The summed E-state index contributed by atoms with van der Waals surface area (Å²) in [6.45, 7) is 4.08. The van der Waals surface area contributed by atoms with E-state index in [1.54, 1.807) is 11.8 Å². The zero-order valence-electron chi connectivity index (χ0n) is 16.5. The Bertz CT molecular complexity index is 635. The zero-order chi connectivity index (χ0) is 20.4. The third kappa shape index (κ3) is 8.11. The molecule has 2 N–H and O–H groups in total. The zero-order valence-corrected chi connectivity index (χ0v) is 18.2. The topological polar surface area (TPSA) is 91.3 Å². The van der Waals surface area contributed by atoms with E-state index >= 15 is 0 Å². The van der Waals surface area contributed by atoms with E-state index in [0.29, 0.717) is 12.0 Å². The Hall–Kier alpha value is -1.09. The van der Waals surface area contributed by atoms with Crippen LogP contribution in [0.15, 0.2) is 35.2 Å². The van der Waals surface area contributed by atoms with Crippen LogP contribution in [0.3, 0.4) is 0 Å². The van der Waals surface area contributed by atoms with Crippen molar-refractivity contribution < 1.29 is 23.5 Å². The predicted molar refractivity (Wildman–Crippen MR) is 111 cm³/mol. The van der Waals surface area contributed by atoms with Crippen LogP contribution in [0.2, 0.25) is 0 Å². The molecule has 0 aromatic heterocycles. The van der Waals surface area contributed by atoms with E-state index in [1.165, 1.54) is 14.2 Å². The van der Waals surface area contributed by atoms with Crippen molar-refractivity contribution in [3.63, 3.8) is 0 Å². The molecule has 158 valence electrons. The maximum atomic E-state index is 12.2. The third-order valence-electron chi connectivity index (χ3n) is 4.71. The number of nitrogens with one attached hydrogen (secondary N) is 1. The number of carboxylic acid groups (broad SMARTS) is 1. The first-order valence-corrected chi connectivity index (χ1v) is 12.0. The van der Waals surface area contributed by atoms with Crippen molar-refractivity contribution >= 4 is 25.5 Å². The van der Waals surface area contributed by atoms with Gasteiger partial charge in [-0.05, 0) is 18.6 Å². The Labute approximate surface area is 171 Å². The second-order valence-electron chi connectivity index (χ2n) is 6.64. The Kier molecular flexibility index (Phi) is 9.77. The number of hydrogen-bond acceptors (Lipinski definition) is 7. The minimum atomic E-state index is -3.03. The molecule has 0 radical (unpaired) electrons. The highest BCUT2D eigenvalue weighted by Gasteiger charge is 2.27. The molecule has 0 bridgehead atoms. The van der Waals surface area contributed by atoms with Crippen LogP contribution in [0.5, 0.6) is 0 Å². The first kappa shape index (κ1) is 23.2. The lowest BCUT2D eigenvalue weighted by Crippen LogP contribution is -2.48. The SMILES string of the molecule is COP(=O)(CN1CCN(CC[C@H](CSc2ccccc2)NC(=O)O)CC1)OC. The fourth-order valence-corrected chi connectivity index (χ4v) is 5.16. The molecule has 1 aromatic carbocycles. The summed E-state index contributed by atoms with van der Waals surface area (Å²) in [5.74, 6) is 0.696. The summed E-state index contributed by atoms with van der Waals surface area (Å²) in [5.41, 5.74) is 0. The van der Waals surface area contributed by atoms with Crippen LogP contribution in [0, 0.1) is 0 Å². The highest BCUT2D eigenvalue weighted by Crippen LogP contribution is 2.46. The standard InChI is InChI=1S/C18H30N3O5PS/c1-25-27(24,26-2)15-21-12-10-20(11-13-21)9-8-16(19-18(22)23)14-28-17-6-4-3-5-7-17/h3-7,16,19H,8-15H2,1-2H3,(H,22,23)/t16-/m1/s1. The fourth-order valence-electron chi connectivity index (χ4n) is 3.01. The van der Waals surface area contributed by atoms with E-state index in [2.05, 4.69) is 15.1 Å². The number of piperazine rings is 1. The molecule has 1 amide bonds. The molecule has 2 rings (SSSR count). The second-order valence-corrected chi connectivity index (χ2v) is 9.96. The average molecular weight is 431 g/mol. The third-order valence-corrected chi connectivity index (χ3v) is 7.74. The molecule has 1 saturated heterocycles. The van der Waals surface area contributed by atoms with E-state index in [1.807, 2.05) is 30.3 Å². The normalized spacial score (nSPS) is 17.4. The number of thioether (sulfide) groups is 1. The molecule has 1 aliphatic rings. The van der Waals surface area contributed by atoms with Crippen molar-refractivity contribution in [2.45, 2.75) is 17.4 Å². The molecular formula is C18H30N3O5PS. The van der Waals surface area contributed by atoms with Gasteiger partial charge in [-0.1, -0.05) is 18.2 Å². The van der Waals surface area contributed by atoms with Gasteiger partial charge in [-0.15, -0.1) is 11.8 Å². The van der Waals surface area contributed by atoms with Crippen molar-refractivity contribution in [1.29, 1.82) is 0 Å². The van der Waals surface area contributed by atoms with E-state index in [0.717, 1.165) is 44.0 Å². The van der Waals surface area contributed by atoms with E-state index in [4.69, 9.17) is 14.2 Å². The fraction of sp³-hybridized carbons (Fsp3) is 0.611. The molecule has 10 heteroatoms. The number of carbonyl (C=O) groups is 1. The molecule has 1 atom stereocenters. The van der Waals surface area contributed by atoms with Gasteiger partial charge in [0.05, 0.1) is 0 Å². The molecule has 0 aliphatic carbocycles. The smallest absolute Gasteiger partial charge is 0.404 e. The Morgan fingerprint density at radius 2 is 1.79 bits per heavy atom. The summed E-state index contributed by atoms with van der Waals surface area (Å²) in [6, 6.07) is 9.87. The van der Waals surface area contributed by atoms with Gasteiger partial charge in [-0.3, -0.25) is 9.46 Å². The molecule has 0 unspecified atom stereocenters. The molecule has 1 aromatic rings. The van der Waals surface area contributed by atoms with Crippen LogP contribution in [0.4, 0.5) is 4.79 Å². The summed E-state index contributed by atoms with van der Waals surface area (Å²) in [4.78, 5) is 16.6. The van der Waals surface area contributed by atoms with Gasteiger partial charge < -0.3 is 24.4 Å². The molecule has 28 heavy (non-hydrogen) atoms. The van der Waals surface area contributed by atoms with Gasteiger partial charge >= 0.3 is 13.7 Å². The lowest BCUT2D eigenvalue weighted by molar-refractivity contribution is 0.133. The van der Waals surface area contributed by atoms with Crippen LogP contribution in [0.1, 0.15) is 6.42 Å². The highest BCUT2D eigenvalue weighted by atomic mass is 32.2. The van der Waals surface area contributed by atoms with Crippen LogP contribution in [-0.4, -0.2) is 86.0 Å². The monoisotopic (exact) mass is 431 g/mol. The largest absolute Gasteiger partial charge is 0.465 e. The van der Waals surface area contributed by atoms with Crippen LogP contribution >= 0.6 is 19.4 Å². The first-order chi connectivity index (χ1) is 13.4. The summed E-state index contributed by atoms with van der Waals surface area (Å²) in [6.07, 6.45) is 0.0595. The van der Waals surface area contributed by atoms with E-state index in [9.17, 15) is 9.36 Å². The highest BCUT2D eigenvalue weighted by molar-refractivity contribution is 7.99. The summed E-state index contributed by atoms with van der Waals surface area (Å²) < 4.78 is 22.3. The van der Waals surface area contributed by atoms with Gasteiger partial charge in [-0.2, -0.15) is 0 Å². The summed E-state index contributed by atoms with van der Waals surface area (Å²) >= 11 is 1.66. The van der Waals surface area contributed by atoms with Crippen molar-refractivity contribution in [2.24, 2.45) is 0 Å². The van der Waals surface area contributed by atoms with Gasteiger partial charge in [0.15, 0.2) is 0 Å². The molecular weight excluding hydrogens is 401 g/mol. The molecule has 0 spiro atoms. The minimum Gasteiger partial charge on any atom is -0.465 e. The number of nitrogens with zero attached hydrogens (tertiary/aromatic N) is 2. The quantitative estimate of drug-likeness (QED) is 0.408. The first-order valence-electron chi connectivity index (χ1n) is 9.26. The second kappa shape index (κ2) is 11.8. The van der Waals surface area contributed by atoms with Crippen molar-refractivity contribution in [2.75, 3.05) is 59.0 Å². The van der Waals surface area contributed by atoms with Gasteiger partial charge in [0.2, 0.25) is 0 Å². The maximum absolute atomic E-state index is 12.2. The Morgan fingerprint density at radius 1 is 1.18 bits per heavy atom. The molecule has 1 fully saturated rings. The number of rotatable bonds is 11. The summed E-state index contributed by atoms with van der Waals surface area (Å²) in [7, 11) is -0.213. The van der Waals surface area contributed by atoms with Crippen LogP contribution in [-0.2, 0) is 13.6 Å². The van der Waals surface area contributed by atoms with Gasteiger partial charge in [0.25, 0.3) is 0 Å². The van der Waals surface area contributed by atoms with E-state index < -0.39 is 13.7 Å². The molecule has 0 saturated carbocycles. The van der Waals surface area contributed by atoms with Gasteiger partial charge in [-0.25, -0.2) is 4.79 Å². The van der Waals surface area contributed by atoms with Gasteiger partial charge in [0.1, 0.15) is 6.29 Å². The minimum absolute atomic E-state index is 0.108. The van der Waals surface area contributed by atoms with Crippen molar-refractivity contribution in [3.8, 4) is 0 Å². The van der Waals surface area contributed by atoms with Gasteiger partial charge in [0, 0.05) is 63.6 Å². The molecule has 8 nitrogen and oxygen atoms in total. The Balaban J connectivity index is 1.75. The molecule has 1 aliphatic heterocycles. The predicted octanol–water partition coefficient (Wildman–Crippen LogP) is 2.87. The number of benzene rings is 1. The van der Waals surface area contributed by atoms with Crippen LogP contribution < -0.4 is 5.32 Å². The molecule has 1 heterocycles. The summed E-state index contributed by atoms with van der Waals surface area (Å²) in [5, 5.41) is 11.8. The average Bonchev–Trinajstić information content (AvgIpc) is 2.71. The van der Waals surface area contributed by atoms with Crippen molar-refractivity contribution in [1.82, 2.24) is 15.1 Å². The Morgan fingerprint density at radius 3 is 2.36 bits per heavy atom. The number of hydrogen-bond donors (Lipinski definition) is 2.